The van der Waals surface area contributed by atoms with Crippen LogP contribution in [0.4, 0.5) is 26.3 Å². The zero-order chi connectivity index (χ0) is 24.9. The minimum absolute atomic E-state index is 0.134. The minimum atomic E-state index is -4.56. The Balaban J connectivity index is 1.77. The summed E-state index contributed by atoms with van der Waals surface area (Å²) in [7, 11) is 0. The summed E-state index contributed by atoms with van der Waals surface area (Å²) in [5.74, 6) is -4.73. The smallest absolute Gasteiger partial charge is 0.417 e. The first kappa shape index (κ1) is 25.0. The molecule has 0 spiro atoms. The molecule has 0 aliphatic rings. The third-order valence-electron chi connectivity index (χ3n) is 4.61. The topological polar surface area (TPSA) is 73.1 Å². The van der Waals surface area contributed by atoms with Crippen LogP contribution in [0.25, 0.3) is 5.69 Å². The van der Waals surface area contributed by atoms with Crippen LogP contribution in [0.2, 0.25) is 0 Å². The van der Waals surface area contributed by atoms with Gasteiger partial charge in [-0.2, -0.15) is 28.2 Å². The van der Waals surface area contributed by atoms with Crippen molar-refractivity contribution in [2.24, 2.45) is 0 Å². The third-order valence-corrected chi connectivity index (χ3v) is 4.61. The minimum Gasteiger partial charge on any atom is -0.476 e. The van der Waals surface area contributed by atoms with E-state index in [1.807, 2.05) is 0 Å². The molecule has 0 saturated carbocycles. The quantitative estimate of drug-likeness (QED) is 0.419. The van der Waals surface area contributed by atoms with Gasteiger partial charge < -0.3 is 9.64 Å². The Labute approximate surface area is 190 Å². The van der Waals surface area contributed by atoms with Gasteiger partial charge >= 0.3 is 6.18 Å². The number of alkyl halides is 5. The fourth-order valence-electron chi connectivity index (χ4n) is 2.90. The molecule has 0 radical (unpaired) electrons. The van der Waals surface area contributed by atoms with Crippen LogP contribution in [0.3, 0.4) is 0 Å². The van der Waals surface area contributed by atoms with Gasteiger partial charge in [-0.1, -0.05) is 0 Å². The van der Waals surface area contributed by atoms with Crippen LogP contribution in [0.5, 0.6) is 5.88 Å². The van der Waals surface area contributed by atoms with Crippen LogP contribution in [-0.2, 0) is 6.18 Å². The maximum absolute atomic E-state index is 13.9. The lowest BCUT2D eigenvalue weighted by Crippen LogP contribution is -2.38. The molecule has 2 heterocycles. The molecule has 13 heteroatoms. The van der Waals surface area contributed by atoms with Gasteiger partial charge in [-0.25, -0.2) is 18.2 Å². The largest absolute Gasteiger partial charge is 0.476 e. The van der Waals surface area contributed by atoms with Crippen molar-refractivity contribution in [3.63, 3.8) is 0 Å². The van der Waals surface area contributed by atoms with Crippen molar-refractivity contribution >= 4 is 5.91 Å². The lowest BCUT2D eigenvalue weighted by atomic mass is 10.1. The Morgan fingerprint density at radius 3 is 2.35 bits per heavy atom. The molecule has 1 amide bonds. The maximum atomic E-state index is 13.9. The molecule has 0 saturated heterocycles. The van der Waals surface area contributed by atoms with E-state index in [2.05, 4.69) is 15.2 Å². The molecule has 2 aromatic heterocycles. The summed E-state index contributed by atoms with van der Waals surface area (Å²) in [5, 5.41) is 7.82. The first-order chi connectivity index (χ1) is 15.9. The van der Waals surface area contributed by atoms with E-state index >= 15 is 0 Å². The number of ether oxygens (including phenoxy) is 1. The van der Waals surface area contributed by atoms with Gasteiger partial charge in [0.15, 0.2) is 0 Å². The first-order valence-electron chi connectivity index (χ1n) is 9.93. The standard InChI is InChI=1S/C21H19F6N5O2/c1-20(23,24)6-9-31(10-11-34-18-5-2-14(13-28-18)21(25,26)27)19(33)16-12-15(22)3-4-17(16)32-29-7-8-30-32/h2-5,7-8,12-13H,6,9-11H2,1H3. The molecule has 0 aliphatic carbocycles. The second kappa shape index (κ2) is 10.1. The number of hydrogen-bond acceptors (Lipinski definition) is 5. The van der Waals surface area contributed by atoms with E-state index in [9.17, 15) is 31.1 Å². The molecule has 7 nitrogen and oxygen atoms in total. The van der Waals surface area contributed by atoms with Crippen molar-refractivity contribution in [1.82, 2.24) is 24.9 Å². The van der Waals surface area contributed by atoms with E-state index in [1.54, 1.807) is 0 Å². The van der Waals surface area contributed by atoms with Gasteiger partial charge in [0, 0.05) is 25.2 Å². The SMILES string of the molecule is CC(F)(F)CCN(CCOc1ccc(C(F)(F)F)cn1)C(=O)c1cc(F)ccc1-n1nccn1. The number of benzene rings is 1. The van der Waals surface area contributed by atoms with E-state index in [1.165, 1.54) is 18.5 Å². The molecular formula is C21H19F6N5O2. The average molecular weight is 487 g/mol. The number of carbonyl (C=O) groups excluding carboxylic acids is 1. The van der Waals surface area contributed by atoms with Crippen molar-refractivity contribution in [1.29, 1.82) is 0 Å². The van der Waals surface area contributed by atoms with Crippen molar-refractivity contribution in [2.75, 3.05) is 19.7 Å². The van der Waals surface area contributed by atoms with E-state index < -0.39 is 42.4 Å². The summed E-state index contributed by atoms with van der Waals surface area (Å²) in [6, 6.07) is 5.09. The van der Waals surface area contributed by atoms with Crippen LogP contribution in [0.1, 0.15) is 29.3 Å². The number of amides is 1. The Kier molecular flexibility index (Phi) is 7.42. The van der Waals surface area contributed by atoms with Gasteiger partial charge in [-0.3, -0.25) is 4.79 Å². The van der Waals surface area contributed by atoms with Gasteiger partial charge in [-0.05, 0) is 31.2 Å². The molecule has 0 fully saturated rings. The van der Waals surface area contributed by atoms with Crippen molar-refractivity contribution in [3.8, 4) is 11.6 Å². The highest BCUT2D eigenvalue weighted by Crippen LogP contribution is 2.29. The summed E-state index contributed by atoms with van der Waals surface area (Å²) in [6.45, 7) is -0.182. The highest BCUT2D eigenvalue weighted by Gasteiger charge is 2.31. The Morgan fingerprint density at radius 2 is 1.76 bits per heavy atom. The van der Waals surface area contributed by atoms with Gasteiger partial charge in [0.2, 0.25) is 11.8 Å². The predicted molar refractivity (Wildman–Crippen MR) is 107 cm³/mol. The van der Waals surface area contributed by atoms with Crippen LogP contribution in [0.15, 0.2) is 48.9 Å². The fourth-order valence-corrected chi connectivity index (χ4v) is 2.90. The van der Waals surface area contributed by atoms with Crippen molar-refractivity contribution in [3.05, 3.63) is 65.9 Å². The molecule has 3 rings (SSSR count). The average Bonchev–Trinajstić information content (AvgIpc) is 3.29. The summed E-state index contributed by atoms with van der Waals surface area (Å²) in [4.78, 5) is 18.8. The third kappa shape index (κ3) is 6.68. The number of aromatic nitrogens is 4. The summed E-state index contributed by atoms with van der Waals surface area (Å²) in [5.41, 5.74) is -0.994. The summed E-state index contributed by atoms with van der Waals surface area (Å²) >= 11 is 0. The zero-order valence-electron chi connectivity index (χ0n) is 17.8. The van der Waals surface area contributed by atoms with Gasteiger partial charge in [0.1, 0.15) is 12.4 Å². The molecule has 0 unspecified atom stereocenters. The van der Waals surface area contributed by atoms with E-state index in [-0.39, 0.29) is 30.3 Å². The second-order valence-corrected chi connectivity index (χ2v) is 7.32. The Hall–Kier alpha value is -3.64. The number of rotatable bonds is 9. The number of pyridine rings is 1. The lowest BCUT2D eigenvalue weighted by molar-refractivity contribution is -0.137. The second-order valence-electron chi connectivity index (χ2n) is 7.32. The van der Waals surface area contributed by atoms with Crippen LogP contribution >= 0.6 is 0 Å². The van der Waals surface area contributed by atoms with Crippen LogP contribution in [-0.4, -0.2) is 56.4 Å². The molecular weight excluding hydrogens is 468 g/mol. The number of hydrogen-bond donors (Lipinski definition) is 0. The van der Waals surface area contributed by atoms with E-state index in [0.717, 1.165) is 34.0 Å². The number of halogens is 6. The van der Waals surface area contributed by atoms with Gasteiger partial charge in [0.25, 0.3) is 5.91 Å². The van der Waals surface area contributed by atoms with Crippen LogP contribution in [0, 0.1) is 5.82 Å². The molecule has 0 atom stereocenters. The van der Waals surface area contributed by atoms with Crippen molar-refractivity contribution in [2.45, 2.75) is 25.4 Å². The highest BCUT2D eigenvalue weighted by atomic mass is 19.4. The molecule has 0 aliphatic heterocycles. The first-order valence-corrected chi connectivity index (χ1v) is 9.93. The molecule has 1 aromatic carbocycles. The number of nitrogens with zero attached hydrogens (tertiary/aromatic N) is 5. The molecule has 34 heavy (non-hydrogen) atoms. The predicted octanol–water partition coefficient (Wildman–Crippen LogP) is 4.39. The highest BCUT2D eigenvalue weighted by molar-refractivity contribution is 5.97. The molecule has 0 N–H and O–H groups in total. The maximum Gasteiger partial charge on any atom is 0.417 e. The van der Waals surface area contributed by atoms with Gasteiger partial charge in [-0.15, -0.1) is 0 Å². The molecule has 182 valence electrons. The molecule has 3 aromatic rings. The van der Waals surface area contributed by atoms with Crippen molar-refractivity contribution < 1.29 is 35.9 Å². The van der Waals surface area contributed by atoms with E-state index in [4.69, 9.17) is 4.74 Å². The Bertz CT molecular complexity index is 1100. The number of carbonyl (C=O) groups is 1. The lowest BCUT2D eigenvalue weighted by Gasteiger charge is -2.25. The fraction of sp³-hybridized carbons (Fsp3) is 0.333. The summed E-state index contributed by atoms with van der Waals surface area (Å²) in [6.07, 6.45) is -1.96. The normalized spacial score (nSPS) is 12.0. The van der Waals surface area contributed by atoms with E-state index in [0.29, 0.717) is 13.1 Å². The molecule has 0 bridgehead atoms. The summed E-state index contributed by atoms with van der Waals surface area (Å²) < 4.78 is 84.1. The van der Waals surface area contributed by atoms with Crippen LogP contribution < -0.4 is 4.74 Å². The zero-order valence-corrected chi connectivity index (χ0v) is 17.8. The monoisotopic (exact) mass is 487 g/mol. The van der Waals surface area contributed by atoms with Gasteiger partial charge in [0.05, 0.1) is 35.8 Å². The Morgan fingerprint density at radius 1 is 1.06 bits per heavy atom.